The fraction of sp³-hybridized carbons (Fsp3) is 0.263. The van der Waals surface area contributed by atoms with Crippen molar-refractivity contribution in [3.63, 3.8) is 0 Å². The molecule has 2 rings (SSSR count). The van der Waals surface area contributed by atoms with Crippen LogP contribution < -0.4 is 20.1 Å². The summed E-state index contributed by atoms with van der Waals surface area (Å²) >= 11 is 0. The fourth-order valence-electron chi connectivity index (χ4n) is 2.21. The molecule has 1 unspecified atom stereocenters. The lowest BCUT2D eigenvalue weighted by Crippen LogP contribution is -2.39. The molecule has 0 bridgehead atoms. The molecule has 2 aromatic carbocycles. The summed E-state index contributed by atoms with van der Waals surface area (Å²) in [6.07, 6.45) is 0. The summed E-state index contributed by atoms with van der Waals surface area (Å²) in [4.78, 5) is 23.6. The van der Waals surface area contributed by atoms with Gasteiger partial charge in [-0.2, -0.15) is 8.78 Å². The second kappa shape index (κ2) is 10.1. The van der Waals surface area contributed by atoms with E-state index in [2.05, 4.69) is 15.4 Å². The maximum absolute atomic E-state index is 12.1. The Labute approximate surface area is 155 Å². The van der Waals surface area contributed by atoms with Gasteiger partial charge < -0.3 is 20.1 Å². The van der Waals surface area contributed by atoms with E-state index in [0.29, 0.717) is 11.3 Å². The first-order valence-corrected chi connectivity index (χ1v) is 8.22. The predicted molar refractivity (Wildman–Crippen MR) is 94.6 cm³/mol. The van der Waals surface area contributed by atoms with Crippen LogP contribution in [0.4, 0.5) is 8.78 Å². The zero-order valence-corrected chi connectivity index (χ0v) is 14.7. The van der Waals surface area contributed by atoms with E-state index in [9.17, 15) is 18.4 Å². The number of benzene rings is 2. The number of nitrogens with one attached hydrogen (secondary N) is 2. The van der Waals surface area contributed by atoms with E-state index >= 15 is 0 Å². The van der Waals surface area contributed by atoms with E-state index in [4.69, 9.17) is 4.74 Å². The topological polar surface area (TPSA) is 76.7 Å². The van der Waals surface area contributed by atoms with Crippen molar-refractivity contribution in [1.29, 1.82) is 0 Å². The quantitative estimate of drug-likeness (QED) is 0.703. The normalized spacial score (nSPS) is 11.6. The number of amides is 2. The molecule has 0 aliphatic heterocycles. The summed E-state index contributed by atoms with van der Waals surface area (Å²) in [5.41, 5.74) is 0.712. The number of halogens is 2. The van der Waals surface area contributed by atoms with E-state index in [-0.39, 0.29) is 30.9 Å². The molecule has 1 atom stereocenters. The zero-order valence-electron chi connectivity index (χ0n) is 14.7. The largest absolute Gasteiger partial charge is 0.484 e. The molecule has 2 aromatic rings. The monoisotopic (exact) mass is 378 g/mol. The standard InChI is InChI=1S/C19H20F2N2O4/c1-13(14-7-9-16(10-8-14)27-19(20)21)23-17(24)11-22-18(25)12-26-15-5-3-2-4-6-15/h2-10,13,19H,11-12H2,1H3,(H,22,25)(H,23,24). The third-order valence-electron chi connectivity index (χ3n) is 3.54. The van der Waals surface area contributed by atoms with Gasteiger partial charge in [0.15, 0.2) is 6.61 Å². The number of hydrogen-bond donors (Lipinski definition) is 2. The van der Waals surface area contributed by atoms with Gasteiger partial charge in [0, 0.05) is 0 Å². The minimum atomic E-state index is -2.89. The number of ether oxygens (including phenoxy) is 2. The summed E-state index contributed by atoms with van der Waals surface area (Å²) in [6.45, 7) is -1.55. The maximum atomic E-state index is 12.1. The number of rotatable bonds is 9. The molecule has 2 amide bonds. The molecule has 0 radical (unpaired) electrons. The van der Waals surface area contributed by atoms with Crippen molar-refractivity contribution in [2.45, 2.75) is 19.6 Å². The summed E-state index contributed by atoms with van der Waals surface area (Å²) in [5, 5.41) is 5.16. The van der Waals surface area contributed by atoms with Gasteiger partial charge in [0.05, 0.1) is 12.6 Å². The zero-order chi connectivity index (χ0) is 19.6. The van der Waals surface area contributed by atoms with Crippen LogP contribution in [-0.4, -0.2) is 31.6 Å². The Hall–Kier alpha value is -3.16. The molecule has 0 saturated heterocycles. The number of hydrogen-bond acceptors (Lipinski definition) is 4. The molecule has 2 N–H and O–H groups in total. The Morgan fingerprint density at radius 1 is 0.963 bits per heavy atom. The van der Waals surface area contributed by atoms with Crippen molar-refractivity contribution < 1.29 is 27.8 Å². The highest BCUT2D eigenvalue weighted by atomic mass is 19.3. The Morgan fingerprint density at radius 3 is 2.26 bits per heavy atom. The van der Waals surface area contributed by atoms with E-state index < -0.39 is 12.5 Å². The van der Waals surface area contributed by atoms with Gasteiger partial charge in [0.1, 0.15) is 11.5 Å². The van der Waals surface area contributed by atoms with Gasteiger partial charge in [-0.25, -0.2) is 0 Å². The Bertz CT molecular complexity index is 739. The second-order valence-corrected chi connectivity index (χ2v) is 5.62. The van der Waals surface area contributed by atoms with Crippen molar-refractivity contribution in [3.8, 4) is 11.5 Å². The Kier molecular flexibility index (Phi) is 7.54. The van der Waals surface area contributed by atoms with E-state index in [1.54, 1.807) is 43.3 Å². The van der Waals surface area contributed by atoms with Crippen LogP contribution in [0.15, 0.2) is 54.6 Å². The Morgan fingerprint density at radius 2 is 1.63 bits per heavy atom. The molecule has 0 heterocycles. The molecule has 0 aliphatic carbocycles. The van der Waals surface area contributed by atoms with Crippen molar-refractivity contribution in [2.24, 2.45) is 0 Å². The van der Waals surface area contributed by atoms with Crippen LogP contribution >= 0.6 is 0 Å². The van der Waals surface area contributed by atoms with Gasteiger partial charge in [0.2, 0.25) is 5.91 Å². The third kappa shape index (κ3) is 7.31. The average molecular weight is 378 g/mol. The summed E-state index contributed by atoms with van der Waals surface area (Å²) in [6, 6.07) is 14.4. The highest BCUT2D eigenvalue weighted by Gasteiger charge is 2.12. The minimum absolute atomic E-state index is 0.0398. The lowest BCUT2D eigenvalue weighted by Gasteiger charge is -2.15. The van der Waals surface area contributed by atoms with Gasteiger partial charge in [-0.3, -0.25) is 9.59 Å². The van der Waals surface area contributed by atoms with Crippen molar-refractivity contribution in [2.75, 3.05) is 13.2 Å². The molecule has 0 saturated carbocycles. The first-order valence-electron chi connectivity index (χ1n) is 8.22. The average Bonchev–Trinajstić information content (AvgIpc) is 2.65. The minimum Gasteiger partial charge on any atom is -0.484 e. The van der Waals surface area contributed by atoms with Crippen LogP contribution in [0, 0.1) is 0 Å². The maximum Gasteiger partial charge on any atom is 0.387 e. The lowest BCUT2D eigenvalue weighted by atomic mass is 10.1. The molecule has 0 spiro atoms. The highest BCUT2D eigenvalue weighted by molar-refractivity contribution is 5.85. The molecule has 27 heavy (non-hydrogen) atoms. The number of para-hydroxylation sites is 1. The number of alkyl halides is 2. The molecular weight excluding hydrogens is 358 g/mol. The van der Waals surface area contributed by atoms with Crippen LogP contribution in [0.1, 0.15) is 18.5 Å². The van der Waals surface area contributed by atoms with Gasteiger partial charge >= 0.3 is 6.61 Å². The summed E-state index contributed by atoms with van der Waals surface area (Å²) in [5.74, 6) is -0.207. The molecule has 6 nitrogen and oxygen atoms in total. The van der Waals surface area contributed by atoms with Gasteiger partial charge in [-0.05, 0) is 36.8 Å². The van der Waals surface area contributed by atoms with Gasteiger partial charge in [-0.1, -0.05) is 30.3 Å². The van der Waals surface area contributed by atoms with Crippen molar-refractivity contribution in [1.82, 2.24) is 10.6 Å². The fourth-order valence-corrected chi connectivity index (χ4v) is 2.21. The van der Waals surface area contributed by atoms with Crippen molar-refractivity contribution >= 4 is 11.8 Å². The summed E-state index contributed by atoms with van der Waals surface area (Å²) < 4.78 is 33.8. The summed E-state index contributed by atoms with van der Waals surface area (Å²) in [7, 11) is 0. The molecule has 0 aliphatic rings. The lowest BCUT2D eigenvalue weighted by molar-refractivity contribution is -0.127. The first-order chi connectivity index (χ1) is 12.9. The Balaban J connectivity index is 1.72. The molecule has 144 valence electrons. The van der Waals surface area contributed by atoms with Gasteiger partial charge in [-0.15, -0.1) is 0 Å². The van der Waals surface area contributed by atoms with Gasteiger partial charge in [0.25, 0.3) is 5.91 Å². The van der Waals surface area contributed by atoms with Crippen LogP contribution in [0.2, 0.25) is 0 Å². The van der Waals surface area contributed by atoms with E-state index in [1.165, 1.54) is 12.1 Å². The van der Waals surface area contributed by atoms with E-state index in [0.717, 1.165) is 0 Å². The SMILES string of the molecule is CC(NC(=O)CNC(=O)COc1ccccc1)c1ccc(OC(F)F)cc1. The molecule has 8 heteroatoms. The molecular formula is C19H20F2N2O4. The second-order valence-electron chi connectivity index (χ2n) is 5.62. The number of carbonyl (C=O) groups is 2. The molecule has 0 fully saturated rings. The van der Waals surface area contributed by atoms with Crippen LogP contribution in [0.5, 0.6) is 11.5 Å². The van der Waals surface area contributed by atoms with Crippen LogP contribution in [0.25, 0.3) is 0 Å². The predicted octanol–water partition coefficient (Wildman–Crippen LogP) is 2.66. The first kappa shape index (κ1) is 20.2. The molecule has 0 aromatic heterocycles. The highest BCUT2D eigenvalue weighted by Crippen LogP contribution is 2.19. The third-order valence-corrected chi connectivity index (χ3v) is 3.54. The van der Waals surface area contributed by atoms with Crippen molar-refractivity contribution in [3.05, 3.63) is 60.2 Å². The van der Waals surface area contributed by atoms with Crippen LogP contribution in [0.3, 0.4) is 0 Å². The smallest absolute Gasteiger partial charge is 0.387 e. The van der Waals surface area contributed by atoms with E-state index in [1.807, 2.05) is 6.07 Å². The van der Waals surface area contributed by atoms with Crippen LogP contribution in [-0.2, 0) is 9.59 Å². The number of carbonyl (C=O) groups excluding carboxylic acids is 2.